The number of urea groups is 1. The number of aryl methyl sites for hydroxylation is 1. The lowest BCUT2D eigenvalue weighted by atomic mass is 10.1. The molecule has 2 rings (SSSR count). The van der Waals surface area contributed by atoms with E-state index in [0.29, 0.717) is 6.54 Å². The van der Waals surface area contributed by atoms with E-state index in [1.807, 2.05) is 37.4 Å². The van der Waals surface area contributed by atoms with Crippen LogP contribution in [-0.2, 0) is 6.54 Å². The van der Waals surface area contributed by atoms with E-state index < -0.39 is 0 Å². The maximum absolute atomic E-state index is 13.2. The zero-order chi connectivity index (χ0) is 15.2. The third-order valence-corrected chi connectivity index (χ3v) is 3.84. The van der Waals surface area contributed by atoms with E-state index in [4.69, 9.17) is 0 Å². The lowest BCUT2D eigenvalue weighted by molar-refractivity contribution is 0.251. The van der Waals surface area contributed by atoms with Crippen LogP contribution in [0, 0.1) is 12.7 Å². The minimum atomic E-state index is -0.310. The Morgan fingerprint density at radius 2 is 1.90 bits per heavy atom. The summed E-state index contributed by atoms with van der Waals surface area (Å²) in [6, 6.07) is 11.8. The van der Waals surface area contributed by atoms with Crippen molar-refractivity contribution in [2.24, 2.45) is 0 Å². The van der Waals surface area contributed by atoms with Gasteiger partial charge in [-0.15, -0.1) is 11.8 Å². The topological polar surface area (TPSA) is 41.1 Å². The summed E-state index contributed by atoms with van der Waals surface area (Å²) in [4.78, 5) is 13.0. The molecule has 0 saturated carbocycles. The average molecular weight is 304 g/mol. The van der Waals surface area contributed by atoms with Crippen LogP contribution < -0.4 is 10.6 Å². The number of carbonyl (C=O) groups is 1. The van der Waals surface area contributed by atoms with Gasteiger partial charge in [0.2, 0.25) is 0 Å². The first-order valence-electron chi connectivity index (χ1n) is 6.52. The van der Waals surface area contributed by atoms with Crippen molar-refractivity contribution >= 4 is 23.5 Å². The first-order chi connectivity index (χ1) is 10.1. The van der Waals surface area contributed by atoms with Gasteiger partial charge in [0, 0.05) is 17.1 Å². The first-order valence-corrected chi connectivity index (χ1v) is 7.75. The molecule has 5 heteroatoms. The van der Waals surface area contributed by atoms with E-state index in [0.717, 1.165) is 21.7 Å². The van der Waals surface area contributed by atoms with Crippen LogP contribution in [0.1, 0.15) is 11.1 Å². The van der Waals surface area contributed by atoms with E-state index in [1.54, 1.807) is 17.8 Å². The van der Waals surface area contributed by atoms with E-state index in [9.17, 15) is 9.18 Å². The number of carbonyl (C=O) groups excluding carboxylic acids is 1. The Labute approximate surface area is 127 Å². The highest BCUT2D eigenvalue weighted by atomic mass is 32.2. The molecule has 0 saturated heterocycles. The summed E-state index contributed by atoms with van der Waals surface area (Å²) in [5.41, 5.74) is 2.44. The van der Waals surface area contributed by atoms with E-state index >= 15 is 0 Å². The van der Waals surface area contributed by atoms with Gasteiger partial charge in [-0.3, -0.25) is 0 Å². The van der Waals surface area contributed by atoms with E-state index in [-0.39, 0.29) is 11.8 Å². The van der Waals surface area contributed by atoms with Gasteiger partial charge in [-0.2, -0.15) is 0 Å². The fourth-order valence-electron chi connectivity index (χ4n) is 1.86. The smallest absolute Gasteiger partial charge is 0.319 e. The highest BCUT2D eigenvalue weighted by molar-refractivity contribution is 7.98. The largest absolute Gasteiger partial charge is 0.334 e. The Morgan fingerprint density at radius 1 is 1.19 bits per heavy atom. The molecule has 0 radical (unpaired) electrons. The third-order valence-electron chi connectivity index (χ3n) is 3.10. The van der Waals surface area contributed by atoms with Crippen molar-refractivity contribution in [3.63, 3.8) is 0 Å². The predicted molar refractivity (Wildman–Crippen MR) is 85.2 cm³/mol. The molecule has 0 aliphatic heterocycles. The number of benzene rings is 2. The van der Waals surface area contributed by atoms with Gasteiger partial charge in [0.25, 0.3) is 0 Å². The Kier molecular flexibility index (Phi) is 5.22. The molecule has 2 aromatic carbocycles. The Bertz CT molecular complexity index is 629. The van der Waals surface area contributed by atoms with Crippen LogP contribution in [0.2, 0.25) is 0 Å². The van der Waals surface area contributed by atoms with Gasteiger partial charge in [-0.25, -0.2) is 9.18 Å². The molecular weight excluding hydrogens is 287 g/mol. The van der Waals surface area contributed by atoms with Crippen LogP contribution in [0.5, 0.6) is 0 Å². The van der Waals surface area contributed by atoms with Gasteiger partial charge in [0.1, 0.15) is 5.82 Å². The molecule has 0 unspecified atom stereocenters. The number of hydrogen-bond acceptors (Lipinski definition) is 2. The molecule has 0 spiro atoms. The molecule has 0 aliphatic rings. The van der Waals surface area contributed by atoms with Crippen LogP contribution in [0.15, 0.2) is 47.4 Å². The minimum Gasteiger partial charge on any atom is -0.334 e. The van der Waals surface area contributed by atoms with Gasteiger partial charge in [0.15, 0.2) is 0 Å². The minimum absolute atomic E-state index is 0.290. The van der Waals surface area contributed by atoms with Gasteiger partial charge in [-0.1, -0.05) is 6.07 Å². The lowest BCUT2D eigenvalue weighted by Gasteiger charge is -2.10. The number of nitrogens with one attached hydrogen (secondary N) is 2. The second-order valence-electron chi connectivity index (χ2n) is 4.61. The average Bonchev–Trinajstić information content (AvgIpc) is 2.49. The summed E-state index contributed by atoms with van der Waals surface area (Å²) < 4.78 is 13.2. The Morgan fingerprint density at radius 3 is 2.57 bits per heavy atom. The monoisotopic (exact) mass is 304 g/mol. The van der Waals surface area contributed by atoms with Crippen molar-refractivity contribution in [1.82, 2.24) is 5.32 Å². The van der Waals surface area contributed by atoms with Gasteiger partial charge in [0.05, 0.1) is 0 Å². The summed E-state index contributed by atoms with van der Waals surface area (Å²) >= 11 is 1.64. The first kappa shape index (κ1) is 15.4. The zero-order valence-electron chi connectivity index (χ0n) is 11.9. The van der Waals surface area contributed by atoms with Crippen molar-refractivity contribution in [1.29, 1.82) is 0 Å². The zero-order valence-corrected chi connectivity index (χ0v) is 12.8. The Balaban J connectivity index is 1.91. The molecular formula is C16H17FN2OS. The number of rotatable bonds is 4. The standard InChI is InChI=1S/C16H17FN2OS/c1-11-3-4-13(17)9-12(11)10-18-16(20)19-14-5-7-15(21-2)8-6-14/h3-9H,10H2,1-2H3,(H2,18,19,20). The quantitative estimate of drug-likeness (QED) is 0.832. The molecule has 2 amide bonds. The van der Waals surface area contributed by atoms with Crippen LogP contribution in [0.4, 0.5) is 14.9 Å². The molecule has 0 heterocycles. The van der Waals surface area contributed by atoms with Crippen LogP contribution in [0.3, 0.4) is 0 Å². The second kappa shape index (κ2) is 7.13. The molecule has 3 nitrogen and oxygen atoms in total. The van der Waals surface area contributed by atoms with Crippen molar-refractivity contribution in [3.8, 4) is 0 Å². The van der Waals surface area contributed by atoms with Crippen LogP contribution >= 0.6 is 11.8 Å². The van der Waals surface area contributed by atoms with Crippen molar-refractivity contribution in [2.45, 2.75) is 18.4 Å². The van der Waals surface area contributed by atoms with E-state index in [1.165, 1.54) is 12.1 Å². The molecule has 0 atom stereocenters. The fourth-order valence-corrected chi connectivity index (χ4v) is 2.26. The molecule has 0 aromatic heterocycles. The molecule has 2 N–H and O–H groups in total. The highest BCUT2D eigenvalue weighted by Gasteiger charge is 2.04. The third kappa shape index (κ3) is 4.49. The lowest BCUT2D eigenvalue weighted by Crippen LogP contribution is -2.28. The molecule has 0 aliphatic carbocycles. The normalized spacial score (nSPS) is 10.2. The summed E-state index contributed by atoms with van der Waals surface area (Å²) in [5.74, 6) is -0.300. The number of thioether (sulfide) groups is 1. The Hall–Kier alpha value is -2.01. The summed E-state index contributed by atoms with van der Waals surface area (Å²) in [6.45, 7) is 2.17. The number of amides is 2. The molecule has 2 aromatic rings. The van der Waals surface area contributed by atoms with Gasteiger partial charge in [-0.05, 0) is 60.7 Å². The van der Waals surface area contributed by atoms with Crippen molar-refractivity contribution < 1.29 is 9.18 Å². The molecule has 110 valence electrons. The van der Waals surface area contributed by atoms with E-state index in [2.05, 4.69) is 10.6 Å². The molecule has 0 bridgehead atoms. The van der Waals surface area contributed by atoms with Crippen molar-refractivity contribution in [3.05, 3.63) is 59.4 Å². The molecule has 21 heavy (non-hydrogen) atoms. The highest BCUT2D eigenvalue weighted by Crippen LogP contribution is 2.17. The predicted octanol–water partition coefficient (Wildman–Crippen LogP) is 4.18. The van der Waals surface area contributed by atoms with Gasteiger partial charge >= 0.3 is 6.03 Å². The molecule has 0 fully saturated rings. The summed E-state index contributed by atoms with van der Waals surface area (Å²) in [5, 5.41) is 5.47. The van der Waals surface area contributed by atoms with Gasteiger partial charge < -0.3 is 10.6 Å². The summed E-state index contributed by atoms with van der Waals surface area (Å²) in [7, 11) is 0. The fraction of sp³-hybridized carbons (Fsp3) is 0.188. The van der Waals surface area contributed by atoms with Crippen molar-refractivity contribution in [2.75, 3.05) is 11.6 Å². The second-order valence-corrected chi connectivity index (χ2v) is 5.49. The van der Waals surface area contributed by atoms with Crippen LogP contribution in [0.25, 0.3) is 0 Å². The maximum atomic E-state index is 13.2. The summed E-state index contributed by atoms with van der Waals surface area (Å²) in [6.07, 6.45) is 2.00. The number of halogens is 1. The SMILES string of the molecule is CSc1ccc(NC(=O)NCc2cc(F)ccc2C)cc1. The number of hydrogen-bond donors (Lipinski definition) is 2. The maximum Gasteiger partial charge on any atom is 0.319 e. The van der Waals surface area contributed by atoms with Crippen LogP contribution in [-0.4, -0.2) is 12.3 Å². The number of anilines is 1.